The first-order chi connectivity index (χ1) is 21.9. The molecule has 2 aromatic rings. The minimum Gasteiger partial charge on any atom is -0.484 e. The minimum absolute atomic E-state index is 0.222. The second kappa shape index (κ2) is 15.5. The van der Waals surface area contributed by atoms with Gasteiger partial charge in [-0.25, -0.2) is 0 Å². The molecule has 2 aliphatic heterocycles. The smallest absolute Gasteiger partial charge is 0.258 e. The van der Waals surface area contributed by atoms with E-state index in [9.17, 15) is 24.3 Å². The molecule has 1 spiro atoms. The summed E-state index contributed by atoms with van der Waals surface area (Å²) in [6, 6.07) is 10.4. The molecule has 4 atom stereocenters. The number of carbonyl (C=O) groups is 4. The number of aromatic nitrogens is 1. The Balaban J connectivity index is 1.61. The molecule has 0 aliphatic carbocycles. The Bertz CT molecular complexity index is 1360. The van der Waals surface area contributed by atoms with Crippen molar-refractivity contribution in [3.05, 3.63) is 59.9 Å². The number of piperidine rings is 1. The summed E-state index contributed by atoms with van der Waals surface area (Å²) < 4.78 is 5.80. The molecule has 4 rings (SSSR count). The van der Waals surface area contributed by atoms with Gasteiger partial charge >= 0.3 is 0 Å². The molecule has 1 saturated heterocycles. The maximum Gasteiger partial charge on any atom is 0.258 e. The molecular formula is C34H48N6O6. The Kier molecular flexibility index (Phi) is 11.7. The molecule has 3 heterocycles. The average Bonchev–Trinajstić information content (AvgIpc) is 3.04. The summed E-state index contributed by atoms with van der Waals surface area (Å²) in [4.78, 5) is 61.1. The molecule has 2 bridgehead atoms. The van der Waals surface area contributed by atoms with Crippen LogP contribution in [0, 0.1) is 11.3 Å². The summed E-state index contributed by atoms with van der Waals surface area (Å²) in [5.74, 6) is -1.76. The van der Waals surface area contributed by atoms with Crippen molar-refractivity contribution in [3.63, 3.8) is 0 Å². The number of fused-ring (bicyclic) bond motifs is 2. The van der Waals surface area contributed by atoms with E-state index in [0.717, 1.165) is 48.6 Å². The van der Waals surface area contributed by atoms with Crippen LogP contribution < -0.4 is 20.7 Å². The molecule has 0 radical (unpaired) electrons. The van der Waals surface area contributed by atoms with Crippen LogP contribution in [-0.4, -0.2) is 101 Å². The lowest BCUT2D eigenvalue weighted by atomic mass is 9.73. The predicted molar refractivity (Wildman–Crippen MR) is 172 cm³/mol. The molecule has 1 fully saturated rings. The van der Waals surface area contributed by atoms with Gasteiger partial charge in [0.15, 0.2) is 6.61 Å². The Hall–Kier alpha value is -4.03. The number of carbonyl (C=O) groups excluding carboxylic acids is 4. The molecule has 250 valence electrons. The maximum absolute atomic E-state index is 13.7. The van der Waals surface area contributed by atoms with Crippen LogP contribution in [0.15, 0.2) is 48.7 Å². The van der Waals surface area contributed by atoms with Gasteiger partial charge in [0, 0.05) is 26.3 Å². The first-order valence-corrected chi connectivity index (χ1v) is 16.0. The van der Waals surface area contributed by atoms with E-state index in [1.807, 2.05) is 50.2 Å². The highest BCUT2D eigenvalue weighted by molar-refractivity contribution is 5.94. The zero-order valence-corrected chi connectivity index (χ0v) is 27.5. The number of aliphatic hydroxyl groups is 1. The number of rotatable bonds is 4. The summed E-state index contributed by atoms with van der Waals surface area (Å²) in [6.45, 7) is 9.10. The second-order valence-electron chi connectivity index (χ2n) is 13.1. The number of hydrogen-bond acceptors (Lipinski definition) is 8. The Labute approximate surface area is 271 Å². The minimum atomic E-state index is -1.29. The highest BCUT2D eigenvalue weighted by Gasteiger charge is 2.38. The van der Waals surface area contributed by atoms with Crippen LogP contribution in [0.5, 0.6) is 5.75 Å². The van der Waals surface area contributed by atoms with Crippen LogP contribution in [0.2, 0.25) is 0 Å². The number of nitrogens with one attached hydrogen (secondary N) is 3. The lowest BCUT2D eigenvalue weighted by molar-refractivity contribution is -0.144. The van der Waals surface area contributed by atoms with Crippen molar-refractivity contribution in [3.8, 4) is 5.75 Å². The number of pyridine rings is 1. The number of aliphatic hydroxyl groups excluding tert-OH is 1. The van der Waals surface area contributed by atoms with Crippen molar-refractivity contribution in [1.29, 1.82) is 0 Å². The van der Waals surface area contributed by atoms with Crippen LogP contribution in [-0.2, 0) is 32.1 Å². The van der Waals surface area contributed by atoms with Gasteiger partial charge in [-0.15, -0.1) is 0 Å². The van der Waals surface area contributed by atoms with Gasteiger partial charge in [-0.1, -0.05) is 32.0 Å². The monoisotopic (exact) mass is 636 g/mol. The van der Waals surface area contributed by atoms with Crippen LogP contribution in [0.4, 0.5) is 0 Å². The summed E-state index contributed by atoms with van der Waals surface area (Å²) in [5.41, 5.74) is 1.76. The topological polar surface area (TPSA) is 153 Å². The van der Waals surface area contributed by atoms with Crippen molar-refractivity contribution in [2.45, 2.75) is 77.7 Å². The molecule has 12 heteroatoms. The SMILES string of the molecule is CC(C)[C@H]1NC(=O)[C@H](C)N(C)C(=O)[C@H]([C@@H](C)O)NC(=O)COc2cccc(c2)CC2(CCN(Cc3ccccn3)CC2)CNC1=O. The molecular weight excluding hydrogens is 588 g/mol. The number of likely N-dealkylation sites (N-methyl/N-ethyl adjacent to an activating group) is 1. The van der Waals surface area contributed by atoms with Gasteiger partial charge in [0.05, 0.1) is 11.8 Å². The highest BCUT2D eigenvalue weighted by Crippen LogP contribution is 2.36. The predicted octanol–water partition coefficient (Wildman–Crippen LogP) is 1.27. The first-order valence-electron chi connectivity index (χ1n) is 16.0. The normalized spacial score (nSPS) is 24.6. The molecule has 4 N–H and O–H groups in total. The van der Waals surface area contributed by atoms with E-state index in [2.05, 4.69) is 25.8 Å². The van der Waals surface area contributed by atoms with E-state index in [0.29, 0.717) is 18.7 Å². The third-order valence-electron chi connectivity index (χ3n) is 9.13. The Morgan fingerprint density at radius 1 is 1.00 bits per heavy atom. The van der Waals surface area contributed by atoms with Crippen LogP contribution in [0.25, 0.3) is 0 Å². The van der Waals surface area contributed by atoms with Gasteiger partial charge in [0.1, 0.15) is 23.9 Å². The zero-order valence-electron chi connectivity index (χ0n) is 27.5. The molecule has 4 amide bonds. The van der Waals surface area contributed by atoms with Gasteiger partial charge in [-0.2, -0.15) is 0 Å². The number of likely N-dealkylation sites (tertiary alicyclic amines) is 1. The fourth-order valence-electron chi connectivity index (χ4n) is 6.03. The second-order valence-corrected chi connectivity index (χ2v) is 13.1. The average molecular weight is 637 g/mol. The number of benzene rings is 1. The van der Waals surface area contributed by atoms with Crippen molar-refractivity contribution in [2.24, 2.45) is 11.3 Å². The van der Waals surface area contributed by atoms with Crippen LogP contribution in [0.3, 0.4) is 0 Å². The number of ether oxygens (including phenoxy) is 1. The Morgan fingerprint density at radius 3 is 2.39 bits per heavy atom. The molecule has 12 nitrogen and oxygen atoms in total. The molecule has 0 unspecified atom stereocenters. The third kappa shape index (κ3) is 9.03. The molecule has 2 aliphatic rings. The summed E-state index contributed by atoms with van der Waals surface area (Å²) >= 11 is 0. The van der Waals surface area contributed by atoms with Crippen molar-refractivity contribution >= 4 is 23.6 Å². The van der Waals surface area contributed by atoms with Gasteiger partial charge in [0.25, 0.3) is 5.91 Å². The van der Waals surface area contributed by atoms with E-state index in [4.69, 9.17) is 4.74 Å². The summed E-state index contributed by atoms with van der Waals surface area (Å²) in [5, 5.41) is 18.9. The van der Waals surface area contributed by atoms with Crippen LogP contribution in [0.1, 0.15) is 51.8 Å². The van der Waals surface area contributed by atoms with Gasteiger partial charge in [-0.3, -0.25) is 29.1 Å². The highest BCUT2D eigenvalue weighted by atomic mass is 16.5. The van der Waals surface area contributed by atoms with Gasteiger partial charge < -0.3 is 30.7 Å². The van der Waals surface area contributed by atoms with Crippen molar-refractivity contribution < 1.29 is 29.0 Å². The number of hydrogen-bond donors (Lipinski definition) is 4. The first kappa shape index (κ1) is 34.8. The summed E-state index contributed by atoms with van der Waals surface area (Å²) in [6.07, 6.45) is 2.91. The van der Waals surface area contributed by atoms with Gasteiger partial charge in [-0.05, 0) is 87.4 Å². The largest absolute Gasteiger partial charge is 0.484 e. The maximum atomic E-state index is 13.7. The standard InChI is InChI=1S/C34H48N6O6/c1-22(2)29-32(44)36-21-34(12-15-40(16-13-34)19-26-10-6-7-14-35-26)18-25-9-8-11-27(17-25)46-20-28(42)37-30(24(4)41)33(45)39(5)23(3)31(43)38-29/h6-11,14,17,22-24,29-30,41H,12-13,15-16,18-21H2,1-5H3,(H,36,44)(H,37,42)(H,38,43)/t23-,24+,29+,30-/m0/s1. The van der Waals surface area contributed by atoms with E-state index in [1.54, 1.807) is 12.3 Å². The fourth-order valence-corrected chi connectivity index (χ4v) is 6.03. The van der Waals surface area contributed by atoms with E-state index >= 15 is 0 Å². The lowest BCUT2D eigenvalue weighted by Gasteiger charge is -2.42. The number of amides is 4. The van der Waals surface area contributed by atoms with E-state index < -0.39 is 42.0 Å². The van der Waals surface area contributed by atoms with Gasteiger partial charge in [0.2, 0.25) is 17.7 Å². The lowest BCUT2D eigenvalue weighted by Crippen LogP contribution is -2.59. The summed E-state index contributed by atoms with van der Waals surface area (Å²) in [7, 11) is 1.42. The van der Waals surface area contributed by atoms with Crippen molar-refractivity contribution in [1.82, 2.24) is 30.7 Å². The van der Waals surface area contributed by atoms with Crippen LogP contribution >= 0.6 is 0 Å². The quantitative estimate of drug-likeness (QED) is 0.392. The Morgan fingerprint density at radius 2 is 1.74 bits per heavy atom. The molecule has 1 aromatic heterocycles. The fraction of sp³-hybridized carbons (Fsp3) is 0.559. The number of nitrogens with zero attached hydrogens (tertiary/aromatic N) is 3. The molecule has 46 heavy (non-hydrogen) atoms. The molecule has 1 aromatic carbocycles. The van der Waals surface area contributed by atoms with Crippen molar-refractivity contribution in [2.75, 3.05) is 33.3 Å². The third-order valence-corrected chi connectivity index (χ3v) is 9.13. The van der Waals surface area contributed by atoms with E-state index in [-0.39, 0.29) is 23.8 Å². The van der Waals surface area contributed by atoms with E-state index in [1.165, 1.54) is 20.9 Å². The zero-order chi connectivity index (χ0) is 33.4. The molecule has 0 saturated carbocycles.